The minimum absolute atomic E-state index is 0. The van der Waals surface area contributed by atoms with E-state index < -0.39 is 0 Å². The van der Waals surface area contributed by atoms with Crippen molar-refractivity contribution in [2.75, 3.05) is 0 Å². The molecule has 145 valence electrons. The summed E-state index contributed by atoms with van der Waals surface area (Å²) in [5.74, 6) is 0. The molecule has 0 fully saturated rings. The van der Waals surface area contributed by atoms with Crippen LogP contribution in [0.1, 0.15) is 11.1 Å². The van der Waals surface area contributed by atoms with Crippen molar-refractivity contribution in [1.82, 2.24) is 0 Å². The van der Waals surface area contributed by atoms with Gasteiger partial charge in [-0.2, -0.15) is 12.1 Å². The van der Waals surface area contributed by atoms with Gasteiger partial charge in [-0.3, -0.25) is 0 Å². The summed E-state index contributed by atoms with van der Waals surface area (Å²) in [6.07, 6.45) is 3.89. The summed E-state index contributed by atoms with van der Waals surface area (Å²) in [5.41, 5.74) is 5.18. The molecule has 4 aromatic rings. The van der Waals surface area contributed by atoms with Crippen LogP contribution in [0.4, 0.5) is 0 Å². The van der Waals surface area contributed by atoms with Gasteiger partial charge in [-0.1, -0.05) is 83.9 Å². The van der Waals surface area contributed by atoms with Crippen molar-refractivity contribution < 1.29 is 29.7 Å². The zero-order valence-electron chi connectivity index (χ0n) is 15.5. The molecule has 0 aromatic heterocycles. The molecule has 4 rings (SSSR count). The maximum atomic E-state index is 10.7. The van der Waals surface area contributed by atoms with Gasteiger partial charge in [-0.05, 0) is 0 Å². The first-order valence-electron chi connectivity index (χ1n) is 8.88. The van der Waals surface area contributed by atoms with E-state index in [9.17, 15) is 9.59 Å². The van der Waals surface area contributed by atoms with Gasteiger partial charge in [0.25, 0.3) is 0 Å². The predicted octanol–water partition coefficient (Wildman–Crippen LogP) is 5.62. The van der Waals surface area contributed by atoms with Crippen LogP contribution >= 0.6 is 0 Å². The van der Waals surface area contributed by atoms with Gasteiger partial charge in [0.05, 0.1) is 12.6 Å². The minimum atomic E-state index is 0. The summed E-state index contributed by atoms with van der Waals surface area (Å²) < 4.78 is 0. The monoisotopic (exact) mass is 555 g/mol. The molecule has 2 nitrogen and oxygen atoms in total. The first-order chi connectivity index (χ1) is 13.8. The second-order valence-electron chi connectivity index (χ2n) is 6.03. The molecule has 0 saturated heterocycles. The van der Waals surface area contributed by atoms with E-state index in [1.54, 1.807) is 12.1 Å². The SMILES string of the molecule is O=[C-]c1ccccc1-c1ccccc1.O=[C-]c1ccccc1-c1ccccc1.[Ir]. The quantitative estimate of drug-likeness (QED) is 0.307. The number of carbonyl (C=O) groups excluding carboxylic acids is 2. The van der Waals surface area contributed by atoms with E-state index in [1.165, 1.54) is 0 Å². The van der Waals surface area contributed by atoms with Crippen molar-refractivity contribution in [3.63, 3.8) is 0 Å². The maximum Gasteiger partial charge on any atom is 0.0632 e. The molecule has 0 saturated carbocycles. The van der Waals surface area contributed by atoms with Gasteiger partial charge >= 0.3 is 0 Å². The molecule has 0 spiro atoms. The molecule has 1 radical (unpaired) electrons. The summed E-state index contributed by atoms with van der Waals surface area (Å²) in [4.78, 5) is 21.4. The van der Waals surface area contributed by atoms with E-state index in [2.05, 4.69) is 0 Å². The van der Waals surface area contributed by atoms with Crippen molar-refractivity contribution >= 4 is 12.6 Å². The smallest absolute Gasteiger partial charge is 0.0632 e. The van der Waals surface area contributed by atoms with Crippen molar-refractivity contribution in [2.24, 2.45) is 0 Å². The second kappa shape index (κ2) is 11.7. The molecule has 3 heteroatoms. The van der Waals surface area contributed by atoms with Crippen LogP contribution < -0.4 is 0 Å². The summed E-state index contributed by atoms with van der Waals surface area (Å²) in [6, 6.07) is 34.6. The average Bonchev–Trinajstić information content (AvgIpc) is 2.80. The largest absolute Gasteiger partial charge is 0.376 e. The first kappa shape index (κ1) is 22.2. The van der Waals surface area contributed by atoms with Gasteiger partial charge in [0.15, 0.2) is 0 Å². The Morgan fingerprint density at radius 1 is 0.414 bits per heavy atom. The third-order valence-corrected chi connectivity index (χ3v) is 4.24. The zero-order valence-corrected chi connectivity index (χ0v) is 17.9. The topological polar surface area (TPSA) is 34.1 Å². The van der Waals surface area contributed by atoms with Crippen molar-refractivity contribution in [1.29, 1.82) is 0 Å². The van der Waals surface area contributed by atoms with Crippen molar-refractivity contribution in [3.05, 3.63) is 120 Å². The third kappa shape index (κ3) is 5.92. The van der Waals surface area contributed by atoms with Gasteiger partial charge in [0.2, 0.25) is 0 Å². The van der Waals surface area contributed by atoms with Crippen molar-refractivity contribution in [3.8, 4) is 22.3 Å². The van der Waals surface area contributed by atoms with Crippen LogP contribution in [0.5, 0.6) is 0 Å². The molecule has 0 amide bonds. The summed E-state index contributed by atoms with van der Waals surface area (Å²) >= 11 is 0. The van der Waals surface area contributed by atoms with E-state index in [-0.39, 0.29) is 20.1 Å². The fraction of sp³-hybridized carbons (Fsp3) is 0. The van der Waals surface area contributed by atoms with E-state index in [1.807, 2.05) is 110 Å². The Bertz CT molecular complexity index is 957. The molecule has 4 aromatic carbocycles. The Hall–Kier alpha value is -3.13. The molecule has 29 heavy (non-hydrogen) atoms. The molecular formula is C26H18IrO2-2. The number of benzene rings is 4. The molecule has 0 N–H and O–H groups in total. The Labute approximate surface area is 184 Å². The van der Waals surface area contributed by atoms with Gasteiger partial charge in [0, 0.05) is 20.1 Å². The molecule has 0 atom stereocenters. The van der Waals surface area contributed by atoms with E-state index in [0.29, 0.717) is 11.1 Å². The molecule has 0 heterocycles. The fourth-order valence-electron chi connectivity index (χ4n) is 2.88. The van der Waals surface area contributed by atoms with Gasteiger partial charge < -0.3 is 9.59 Å². The van der Waals surface area contributed by atoms with Crippen LogP contribution in [0.2, 0.25) is 0 Å². The predicted molar refractivity (Wildman–Crippen MR) is 113 cm³/mol. The summed E-state index contributed by atoms with van der Waals surface area (Å²) in [7, 11) is 0. The molecule has 0 aliphatic carbocycles. The first-order valence-corrected chi connectivity index (χ1v) is 8.88. The number of rotatable bonds is 4. The van der Waals surface area contributed by atoms with Gasteiger partial charge in [0.1, 0.15) is 0 Å². The molecular weight excluding hydrogens is 537 g/mol. The van der Waals surface area contributed by atoms with E-state index >= 15 is 0 Å². The minimum Gasteiger partial charge on any atom is -0.376 e. The Kier molecular flexibility index (Phi) is 8.91. The normalized spacial score (nSPS) is 9.38. The van der Waals surface area contributed by atoms with E-state index in [0.717, 1.165) is 22.3 Å². The average molecular weight is 555 g/mol. The molecule has 0 bridgehead atoms. The van der Waals surface area contributed by atoms with Crippen LogP contribution in [0.15, 0.2) is 109 Å². The van der Waals surface area contributed by atoms with Crippen molar-refractivity contribution in [2.45, 2.75) is 0 Å². The van der Waals surface area contributed by atoms with Gasteiger partial charge in [-0.25, -0.2) is 0 Å². The summed E-state index contributed by atoms with van der Waals surface area (Å²) in [6.45, 7) is 0. The van der Waals surface area contributed by atoms with Gasteiger partial charge in [-0.15, -0.1) is 46.5 Å². The van der Waals surface area contributed by atoms with Crippen LogP contribution in [0, 0.1) is 0 Å². The number of hydrogen-bond acceptors (Lipinski definition) is 2. The Morgan fingerprint density at radius 2 is 0.724 bits per heavy atom. The maximum absolute atomic E-state index is 10.7. The van der Waals surface area contributed by atoms with Crippen LogP contribution in [0.25, 0.3) is 22.3 Å². The van der Waals surface area contributed by atoms with Crippen LogP contribution in [-0.2, 0) is 29.7 Å². The van der Waals surface area contributed by atoms with E-state index in [4.69, 9.17) is 0 Å². The Morgan fingerprint density at radius 3 is 1.07 bits per heavy atom. The molecule has 0 aliphatic rings. The van der Waals surface area contributed by atoms with Crippen LogP contribution in [-0.4, -0.2) is 12.6 Å². The Balaban J connectivity index is 0.000000200. The third-order valence-electron chi connectivity index (χ3n) is 4.24. The standard InChI is InChI=1S/2C13H9O.Ir/c2*14-10-12-8-4-5-9-13(12)11-6-2-1-3-7-11;/h2*1-9H;/q2*-1;. The summed E-state index contributed by atoms with van der Waals surface area (Å²) in [5, 5.41) is 0. The second-order valence-corrected chi connectivity index (χ2v) is 6.03. The molecule has 0 aliphatic heterocycles. The van der Waals surface area contributed by atoms with Crippen LogP contribution in [0.3, 0.4) is 0 Å². The fourth-order valence-corrected chi connectivity index (χ4v) is 2.88. The zero-order chi connectivity index (χ0) is 19.6. The number of hydrogen-bond donors (Lipinski definition) is 0. The molecule has 0 unspecified atom stereocenters.